The fourth-order valence-corrected chi connectivity index (χ4v) is 3.61. The second-order valence-electron chi connectivity index (χ2n) is 4.54. The largest absolute Gasteiger partial charge is 0.394 e. The Bertz CT molecular complexity index is 397. The number of hydrogen-bond donors (Lipinski definition) is 5. The summed E-state index contributed by atoms with van der Waals surface area (Å²) < 4.78 is 0.660. The van der Waals surface area contributed by atoms with E-state index in [-0.39, 0.29) is 12.3 Å². The molecule has 0 aromatic rings. The fourth-order valence-electron chi connectivity index (χ4n) is 1.76. The van der Waals surface area contributed by atoms with Crippen LogP contribution in [0.4, 0.5) is 0 Å². The Balaban J connectivity index is 2.65. The van der Waals surface area contributed by atoms with Crippen molar-refractivity contribution >= 4 is 33.8 Å². The minimum absolute atomic E-state index is 0.0335. The van der Waals surface area contributed by atoms with Crippen LogP contribution in [0, 0.1) is 0 Å². The summed E-state index contributed by atoms with van der Waals surface area (Å²) >= 11 is 2.63. The van der Waals surface area contributed by atoms with Crippen LogP contribution >= 0.6 is 23.5 Å². The molecule has 1 aliphatic rings. The van der Waals surface area contributed by atoms with Gasteiger partial charge in [-0.25, -0.2) is 5.01 Å². The van der Waals surface area contributed by atoms with Crippen LogP contribution in [0.3, 0.4) is 0 Å². The highest BCUT2D eigenvalue weighted by atomic mass is 32.2. The lowest BCUT2D eigenvalue weighted by atomic mass is 10.0. The van der Waals surface area contributed by atoms with Gasteiger partial charge in [-0.05, 0) is 6.26 Å². The normalized spacial score (nSPS) is 24.4. The smallest absolute Gasteiger partial charge is 0.240 e. The molecule has 0 bridgehead atoms. The fraction of sp³-hybridized carbons (Fsp3) is 0.818. The van der Waals surface area contributed by atoms with Crippen molar-refractivity contribution in [3.05, 3.63) is 0 Å². The standard InChI is InChI=1S/C11H20N2O6S2/c1-5(15)13-8(21-11(12-13)20-2)3-6(16)9(18)10(19)7(17)4-14/h6-10,14,16-19H,3-4H2,1-2H3/t6-,7-,8?,9-,10-/m1/s1. The zero-order valence-corrected chi connectivity index (χ0v) is 13.3. The van der Waals surface area contributed by atoms with Gasteiger partial charge in [0.25, 0.3) is 0 Å². The van der Waals surface area contributed by atoms with E-state index in [9.17, 15) is 25.2 Å². The molecule has 0 fully saturated rings. The molecule has 1 amide bonds. The molecule has 0 aromatic carbocycles. The van der Waals surface area contributed by atoms with E-state index in [1.807, 2.05) is 0 Å². The van der Waals surface area contributed by atoms with E-state index in [0.717, 1.165) is 0 Å². The van der Waals surface area contributed by atoms with Crippen molar-refractivity contribution in [3.8, 4) is 0 Å². The van der Waals surface area contributed by atoms with E-state index in [1.165, 1.54) is 35.5 Å². The summed E-state index contributed by atoms with van der Waals surface area (Å²) in [5.41, 5.74) is 0. The Morgan fingerprint density at radius 2 is 1.90 bits per heavy atom. The molecule has 1 heterocycles. The first-order valence-corrected chi connectivity index (χ1v) is 8.34. The topological polar surface area (TPSA) is 134 Å². The molecule has 0 saturated heterocycles. The molecule has 5 N–H and O–H groups in total. The van der Waals surface area contributed by atoms with Crippen molar-refractivity contribution in [2.45, 2.75) is 43.1 Å². The van der Waals surface area contributed by atoms with Gasteiger partial charge in [0.2, 0.25) is 5.91 Å². The Kier molecular flexibility index (Phi) is 7.40. The van der Waals surface area contributed by atoms with Crippen LogP contribution in [0.5, 0.6) is 0 Å². The molecule has 1 aliphatic heterocycles. The van der Waals surface area contributed by atoms with Crippen LogP contribution < -0.4 is 0 Å². The number of aliphatic hydroxyl groups is 5. The summed E-state index contributed by atoms with van der Waals surface area (Å²) in [6, 6.07) is 0. The monoisotopic (exact) mass is 340 g/mol. The lowest BCUT2D eigenvalue weighted by molar-refractivity contribution is -0.132. The van der Waals surface area contributed by atoms with Gasteiger partial charge < -0.3 is 25.5 Å². The maximum absolute atomic E-state index is 11.5. The molecule has 0 aromatic heterocycles. The van der Waals surface area contributed by atoms with Crippen LogP contribution in [0.15, 0.2) is 5.10 Å². The second kappa shape index (κ2) is 8.32. The minimum Gasteiger partial charge on any atom is -0.394 e. The Labute approximate surface area is 130 Å². The van der Waals surface area contributed by atoms with E-state index in [1.54, 1.807) is 6.26 Å². The van der Waals surface area contributed by atoms with Gasteiger partial charge in [-0.15, -0.1) is 11.8 Å². The quantitative estimate of drug-likeness (QED) is 0.389. The third kappa shape index (κ3) is 4.81. The molecule has 1 rings (SSSR count). The maximum atomic E-state index is 11.5. The first-order valence-electron chi connectivity index (χ1n) is 6.24. The molecule has 0 radical (unpaired) electrons. The summed E-state index contributed by atoms with van der Waals surface area (Å²) in [6.45, 7) is 0.607. The second-order valence-corrected chi connectivity index (χ2v) is 6.76. The zero-order valence-electron chi connectivity index (χ0n) is 11.7. The molecule has 1 unspecified atom stereocenters. The molecule has 0 aliphatic carbocycles. The van der Waals surface area contributed by atoms with Gasteiger partial charge in [-0.1, -0.05) is 11.8 Å². The first-order chi connectivity index (χ1) is 9.81. The summed E-state index contributed by atoms with van der Waals surface area (Å²) in [5, 5.41) is 52.0. The van der Waals surface area contributed by atoms with Gasteiger partial charge >= 0.3 is 0 Å². The van der Waals surface area contributed by atoms with E-state index >= 15 is 0 Å². The molecule has 122 valence electrons. The van der Waals surface area contributed by atoms with E-state index < -0.39 is 36.4 Å². The molecule has 5 atom stereocenters. The van der Waals surface area contributed by atoms with E-state index in [0.29, 0.717) is 4.38 Å². The zero-order chi connectivity index (χ0) is 16.2. The molecule has 10 heteroatoms. The highest BCUT2D eigenvalue weighted by Gasteiger charge is 2.36. The SMILES string of the molecule is CSC1=NN(C(C)=O)C(C[C@@H](O)[C@@H](O)[C@H](O)[C@H](O)CO)S1. The summed E-state index contributed by atoms with van der Waals surface area (Å²) in [5.74, 6) is -0.297. The molecule has 0 spiro atoms. The molecular formula is C11H20N2O6S2. The number of thioether (sulfide) groups is 2. The van der Waals surface area contributed by atoms with Crippen molar-refractivity contribution in [3.63, 3.8) is 0 Å². The van der Waals surface area contributed by atoms with Gasteiger partial charge in [0.1, 0.15) is 23.7 Å². The highest BCUT2D eigenvalue weighted by molar-refractivity contribution is 8.39. The third-order valence-corrected chi connectivity index (χ3v) is 5.13. The number of hydrogen-bond acceptors (Lipinski definition) is 9. The number of carbonyl (C=O) groups excluding carboxylic acids is 1. The van der Waals surface area contributed by atoms with Crippen LogP contribution in [0.1, 0.15) is 13.3 Å². The number of nitrogens with zero attached hydrogens (tertiary/aromatic N) is 2. The van der Waals surface area contributed by atoms with Gasteiger partial charge in [0, 0.05) is 13.3 Å². The average Bonchev–Trinajstić information content (AvgIpc) is 2.87. The van der Waals surface area contributed by atoms with E-state index in [4.69, 9.17) is 5.11 Å². The molecule has 0 saturated carbocycles. The molecular weight excluding hydrogens is 320 g/mol. The van der Waals surface area contributed by atoms with Crippen LogP contribution in [-0.2, 0) is 4.79 Å². The predicted octanol–water partition coefficient (Wildman–Crippen LogP) is -1.63. The van der Waals surface area contributed by atoms with Crippen molar-refractivity contribution in [1.29, 1.82) is 0 Å². The van der Waals surface area contributed by atoms with Crippen molar-refractivity contribution in [2.24, 2.45) is 5.10 Å². The average molecular weight is 340 g/mol. The Hall–Kier alpha value is -0.360. The van der Waals surface area contributed by atoms with Crippen LogP contribution in [0.2, 0.25) is 0 Å². The minimum atomic E-state index is -1.68. The number of amides is 1. The third-order valence-electron chi connectivity index (χ3n) is 2.96. The Morgan fingerprint density at radius 3 is 2.38 bits per heavy atom. The van der Waals surface area contributed by atoms with Gasteiger partial charge in [-0.2, -0.15) is 5.10 Å². The van der Waals surface area contributed by atoms with Crippen molar-refractivity contribution < 1.29 is 30.3 Å². The number of carbonyl (C=O) groups is 1. The van der Waals surface area contributed by atoms with Gasteiger partial charge in [0.15, 0.2) is 4.38 Å². The van der Waals surface area contributed by atoms with Gasteiger partial charge in [0.05, 0.1) is 12.7 Å². The van der Waals surface area contributed by atoms with Gasteiger partial charge in [-0.3, -0.25) is 4.79 Å². The number of aliphatic hydroxyl groups excluding tert-OH is 5. The lowest BCUT2D eigenvalue weighted by Gasteiger charge is -2.28. The Morgan fingerprint density at radius 1 is 1.33 bits per heavy atom. The van der Waals surface area contributed by atoms with Crippen LogP contribution in [0.25, 0.3) is 0 Å². The maximum Gasteiger partial charge on any atom is 0.240 e. The lowest BCUT2D eigenvalue weighted by Crippen LogP contribution is -2.47. The number of hydrazone groups is 1. The van der Waals surface area contributed by atoms with E-state index in [2.05, 4.69) is 5.10 Å². The summed E-state index contributed by atoms with van der Waals surface area (Å²) in [7, 11) is 0. The van der Waals surface area contributed by atoms with Crippen molar-refractivity contribution in [2.75, 3.05) is 12.9 Å². The van der Waals surface area contributed by atoms with Crippen molar-refractivity contribution in [1.82, 2.24) is 5.01 Å². The summed E-state index contributed by atoms with van der Waals surface area (Å²) in [4.78, 5) is 11.5. The summed E-state index contributed by atoms with van der Waals surface area (Å²) in [6.07, 6.45) is -4.47. The molecule has 8 nitrogen and oxygen atoms in total. The molecule has 21 heavy (non-hydrogen) atoms. The highest BCUT2D eigenvalue weighted by Crippen LogP contribution is 2.34. The first kappa shape index (κ1) is 18.7. The number of rotatable bonds is 6. The van der Waals surface area contributed by atoms with Crippen LogP contribution in [-0.4, -0.2) is 83.5 Å². The predicted molar refractivity (Wildman–Crippen MR) is 80.6 cm³/mol.